The Bertz CT molecular complexity index is 1750. The number of carbonyl (C=O) groups excluding carboxylic acids is 1. The second-order valence-electron chi connectivity index (χ2n) is 14.1. The number of anilines is 2. The van der Waals surface area contributed by atoms with Crippen LogP contribution < -0.4 is 10.9 Å². The van der Waals surface area contributed by atoms with Gasteiger partial charge in [0, 0.05) is 41.8 Å². The smallest absolute Gasteiger partial charge is 0.411 e. The number of amides is 1. The van der Waals surface area contributed by atoms with Crippen LogP contribution in [0.3, 0.4) is 0 Å². The predicted octanol–water partition coefficient (Wildman–Crippen LogP) is 6.63. The Labute approximate surface area is 253 Å². The molecule has 43 heavy (non-hydrogen) atoms. The van der Waals surface area contributed by atoms with Gasteiger partial charge in [-0.3, -0.25) is 14.7 Å². The Balaban J connectivity index is 1.51. The summed E-state index contributed by atoms with van der Waals surface area (Å²) in [4.78, 5) is 42.2. The van der Waals surface area contributed by atoms with E-state index in [0.29, 0.717) is 29.9 Å². The summed E-state index contributed by atoms with van der Waals surface area (Å²) in [7, 11) is 0. The summed E-state index contributed by atoms with van der Waals surface area (Å²) in [5.74, 6) is 0.387. The quantitative estimate of drug-likeness (QED) is 0.287. The van der Waals surface area contributed by atoms with E-state index in [2.05, 4.69) is 42.1 Å². The van der Waals surface area contributed by atoms with Crippen LogP contribution in [0, 0.1) is 0 Å². The molecule has 4 heterocycles. The van der Waals surface area contributed by atoms with Gasteiger partial charge in [0.25, 0.3) is 5.56 Å². The van der Waals surface area contributed by atoms with Gasteiger partial charge in [-0.1, -0.05) is 26.8 Å². The van der Waals surface area contributed by atoms with E-state index >= 15 is 0 Å². The molecular formula is C33H43N7O3. The fraction of sp³-hybridized carbons (Fsp3) is 0.485. The van der Waals surface area contributed by atoms with E-state index in [0.717, 1.165) is 28.2 Å². The highest BCUT2D eigenvalue weighted by atomic mass is 16.6. The van der Waals surface area contributed by atoms with Crippen molar-refractivity contribution in [2.75, 3.05) is 11.9 Å². The maximum absolute atomic E-state index is 13.5. The van der Waals surface area contributed by atoms with Gasteiger partial charge in [-0.15, -0.1) is 0 Å². The first-order valence-electron chi connectivity index (χ1n) is 14.9. The standard InChI is InChI=1S/C33H43N7O3/c1-20(2)39-28(41)24-19-35-29(37-27(24)40(39)23-13-15-34-26(18-23)31(3,4)5)36-22-11-12-25-21(17-22)14-16-38(33(25,9)10)30(42)43-32(6,7)8/h11-13,15,17-20H,14,16H2,1-10H3,(H,35,36,37). The minimum Gasteiger partial charge on any atom is -0.444 e. The lowest BCUT2D eigenvalue weighted by Gasteiger charge is -2.44. The number of benzene rings is 1. The van der Waals surface area contributed by atoms with Crippen LogP contribution in [0.5, 0.6) is 0 Å². The minimum atomic E-state index is -0.560. The molecule has 1 N–H and O–H groups in total. The fourth-order valence-electron chi connectivity index (χ4n) is 5.63. The summed E-state index contributed by atoms with van der Waals surface area (Å²) in [6, 6.07) is 9.91. The molecule has 1 amide bonds. The highest BCUT2D eigenvalue weighted by Gasteiger charge is 2.39. The van der Waals surface area contributed by atoms with Crippen molar-refractivity contribution >= 4 is 28.8 Å². The second-order valence-corrected chi connectivity index (χ2v) is 14.1. The zero-order valence-electron chi connectivity index (χ0n) is 26.9. The van der Waals surface area contributed by atoms with Gasteiger partial charge in [-0.25, -0.2) is 19.1 Å². The van der Waals surface area contributed by atoms with Crippen molar-refractivity contribution in [2.45, 2.75) is 98.3 Å². The Morgan fingerprint density at radius 3 is 2.42 bits per heavy atom. The molecule has 0 bridgehead atoms. The van der Waals surface area contributed by atoms with E-state index in [1.807, 2.05) is 77.4 Å². The van der Waals surface area contributed by atoms with Crippen LogP contribution in [-0.4, -0.2) is 47.5 Å². The molecule has 10 heteroatoms. The normalized spacial score (nSPS) is 15.1. The number of rotatable bonds is 4. The summed E-state index contributed by atoms with van der Waals surface area (Å²) < 4.78 is 9.26. The molecule has 0 saturated heterocycles. The molecule has 1 aliphatic heterocycles. The summed E-state index contributed by atoms with van der Waals surface area (Å²) >= 11 is 0. The molecule has 0 saturated carbocycles. The lowest BCUT2D eigenvalue weighted by molar-refractivity contribution is -0.000301. The molecule has 3 aromatic heterocycles. The monoisotopic (exact) mass is 585 g/mol. The van der Waals surface area contributed by atoms with E-state index < -0.39 is 11.1 Å². The summed E-state index contributed by atoms with van der Waals surface area (Å²) in [5, 5.41) is 3.79. The maximum atomic E-state index is 13.5. The van der Waals surface area contributed by atoms with E-state index in [1.165, 1.54) is 0 Å². The number of ether oxygens (including phenoxy) is 1. The van der Waals surface area contributed by atoms with Gasteiger partial charge < -0.3 is 10.1 Å². The number of nitrogens with zero attached hydrogens (tertiary/aromatic N) is 6. The topological polar surface area (TPSA) is 107 Å². The minimum absolute atomic E-state index is 0.103. The first-order chi connectivity index (χ1) is 20.0. The molecule has 4 aromatic rings. The molecule has 228 valence electrons. The number of nitrogens with one attached hydrogen (secondary N) is 1. The summed E-state index contributed by atoms with van der Waals surface area (Å²) in [6.45, 7) is 20.6. The average Bonchev–Trinajstić information content (AvgIpc) is 3.18. The highest BCUT2D eigenvalue weighted by Crippen LogP contribution is 2.37. The third kappa shape index (κ3) is 5.75. The van der Waals surface area contributed by atoms with Crippen LogP contribution in [0.25, 0.3) is 16.7 Å². The van der Waals surface area contributed by atoms with Crippen molar-refractivity contribution in [3.63, 3.8) is 0 Å². The van der Waals surface area contributed by atoms with Crippen LogP contribution in [0.15, 0.2) is 47.5 Å². The lowest BCUT2D eigenvalue weighted by atomic mass is 9.83. The predicted molar refractivity (Wildman–Crippen MR) is 169 cm³/mol. The number of hydrogen-bond donors (Lipinski definition) is 1. The van der Waals surface area contributed by atoms with Crippen molar-refractivity contribution in [1.29, 1.82) is 0 Å². The maximum Gasteiger partial charge on any atom is 0.411 e. The van der Waals surface area contributed by atoms with Crippen LogP contribution in [0.2, 0.25) is 0 Å². The molecular weight excluding hydrogens is 542 g/mol. The van der Waals surface area contributed by atoms with Crippen LogP contribution >= 0.6 is 0 Å². The molecule has 1 aliphatic rings. The summed E-state index contributed by atoms with van der Waals surface area (Å²) in [6.07, 6.45) is 3.75. The Morgan fingerprint density at radius 2 is 1.77 bits per heavy atom. The number of pyridine rings is 1. The molecule has 0 fully saturated rings. The Hall–Kier alpha value is -4.21. The van der Waals surface area contributed by atoms with Crippen molar-refractivity contribution in [2.24, 2.45) is 0 Å². The third-order valence-electron chi connectivity index (χ3n) is 7.78. The van der Waals surface area contributed by atoms with Gasteiger partial charge in [-0.05, 0) is 90.3 Å². The van der Waals surface area contributed by atoms with Crippen LogP contribution in [-0.2, 0) is 22.1 Å². The Kier molecular flexibility index (Phi) is 7.39. The van der Waals surface area contributed by atoms with Gasteiger partial charge in [0.2, 0.25) is 5.95 Å². The van der Waals surface area contributed by atoms with Crippen LogP contribution in [0.1, 0.15) is 92.1 Å². The van der Waals surface area contributed by atoms with Crippen molar-refractivity contribution in [3.8, 4) is 5.69 Å². The molecule has 0 aliphatic carbocycles. The third-order valence-corrected chi connectivity index (χ3v) is 7.78. The van der Waals surface area contributed by atoms with Gasteiger partial charge in [0.15, 0.2) is 5.65 Å². The first-order valence-corrected chi connectivity index (χ1v) is 14.9. The van der Waals surface area contributed by atoms with E-state index in [4.69, 9.17) is 9.72 Å². The molecule has 5 rings (SSSR count). The molecule has 0 spiro atoms. The van der Waals surface area contributed by atoms with Crippen molar-refractivity contribution in [1.82, 2.24) is 29.2 Å². The Morgan fingerprint density at radius 1 is 1.05 bits per heavy atom. The van der Waals surface area contributed by atoms with Gasteiger partial charge in [-0.2, -0.15) is 4.98 Å². The van der Waals surface area contributed by atoms with E-state index in [-0.39, 0.29) is 23.1 Å². The number of fused-ring (bicyclic) bond motifs is 2. The van der Waals surface area contributed by atoms with Crippen molar-refractivity contribution < 1.29 is 9.53 Å². The lowest BCUT2D eigenvalue weighted by Crippen LogP contribution is -2.51. The van der Waals surface area contributed by atoms with Gasteiger partial charge in [0.1, 0.15) is 11.0 Å². The molecule has 0 atom stereocenters. The first kappa shape index (κ1) is 30.3. The summed E-state index contributed by atoms with van der Waals surface area (Å²) in [5.41, 5.74) is 3.91. The van der Waals surface area contributed by atoms with Crippen LogP contribution in [0.4, 0.5) is 16.4 Å². The zero-order chi connectivity index (χ0) is 31.5. The highest BCUT2D eigenvalue weighted by molar-refractivity contribution is 5.77. The molecule has 0 unspecified atom stereocenters. The number of aromatic nitrogens is 5. The molecule has 0 radical (unpaired) electrons. The largest absolute Gasteiger partial charge is 0.444 e. The van der Waals surface area contributed by atoms with Crippen molar-refractivity contribution in [3.05, 3.63) is 69.9 Å². The van der Waals surface area contributed by atoms with Gasteiger partial charge >= 0.3 is 6.09 Å². The van der Waals surface area contributed by atoms with E-state index in [9.17, 15) is 9.59 Å². The molecule has 10 nitrogen and oxygen atoms in total. The fourth-order valence-corrected chi connectivity index (χ4v) is 5.63. The number of hydrogen-bond acceptors (Lipinski definition) is 7. The SMILES string of the molecule is CC(C)n1c(=O)c2cnc(Nc3ccc4c(c3)CCN(C(=O)OC(C)(C)C)C4(C)C)nc2n1-c1ccnc(C(C)(C)C)c1. The second kappa shape index (κ2) is 10.5. The molecule has 1 aromatic carbocycles. The number of carbonyl (C=O) groups is 1. The van der Waals surface area contributed by atoms with Gasteiger partial charge in [0.05, 0.1) is 11.2 Å². The van der Waals surface area contributed by atoms with E-state index in [1.54, 1.807) is 22.0 Å². The average molecular weight is 586 g/mol. The zero-order valence-corrected chi connectivity index (χ0v) is 26.9.